The van der Waals surface area contributed by atoms with E-state index in [1.165, 1.54) is 12.1 Å². The van der Waals surface area contributed by atoms with Crippen LogP contribution >= 0.6 is 0 Å². The first-order valence-corrected chi connectivity index (χ1v) is 9.75. The maximum Gasteiger partial charge on any atom is 0.219 e. The molecular formula is C21H27FN4O3. The van der Waals surface area contributed by atoms with E-state index in [2.05, 4.69) is 20.6 Å². The number of aromatic nitrogens is 1. The van der Waals surface area contributed by atoms with Crippen molar-refractivity contribution in [2.75, 3.05) is 33.4 Å². The van der Waals surface area contributed by atoms with Crippen molar-refractivity contribution in [2.24, 2.45) is 4.99 Å². The lowest BCUT2D eigenvalue weighted by Gasteiger charge is -2.13. The molecule has 8 heteroatoms. The smallest absolute Gasteiger partial charge is 0.219 e. The third kappa shape index (κ3) is 7.32. The van der Waals surface area contributed by atoms with Crippen LogP contribution in [0.2, 0.25) is 0 Å². The minimum Gasteiger partial charge on any atom is -0.439 e. The largest absolute Gasteiger partial charge is 0.439 e. The molecule has 2 heterocycles. The zero-order valence-electron chi connectivity index (χ0n) is 16.6. The Kier molecular flexibility index (Phi) is 8.21. The van der Waals surface area contributed by atoms with Crippen LogP contribution < -0.4 is 15.4 Å². The Hall–Kier alpha value is -2.71. The van der Waals surface area contributed by atoms with Crippen molar-refractivity contribution < 1.29 is 18.6 Å². The summed E-state index contributed by atoms with van der Waals surface area (Å²) in [6.45, 7) is 3.55. The van der Waals surface area contributed by atoms with Crippen molar-refractivity contribution >= 4 is 5.96 Å². The Bertz CT molecular complexity index is 780. The van der Waals surface area contributed by atoms with Gasteiger partial charge in [0.05, 0.1) is 12.7 Å². The molecule has 0 saturated carbocycles. The summed E-state index contributed by atoms with van der Waals surface area (Å²) in [7, 11) is 1.73. The fourth-order valence-electron chi connectivity index (χ4n) is 2.81. The molecule has 1 saturated heterocycles. The average Bonchev–Trinajstić information content (AvgIpc) is 3.25. The number of ether oxygens (including phenoxy) is 3. The fourth-order valence-corrected chi connectivity index (χ4v) is 2.81. The van der Waals surface area contributed by atoms with Crippen molar-refractivity contribution in [1.82, 2.24) is 15.6 Å². The highest BCUT2D eigenvalue weighted by Gasteiger charge is 2.15. The minimum absolute atomic E-state index is 0.243. The van der Waals surface area contributed by atoms with Gasteiger partial charge in [-0.1, -0.05) is 12.1 Å². The zero-order valence-corrected chi connectivity index (χ0v) is 16.6. The molecule has 2 aromatic rings. The molecule has 29 heavy (non-hydrogen) atoms. The van der Waals surface area contributed by atoms with Crippen molar-refractivity contribution in [2.45, 2.75) is 25.5 Å². The lowest BCUT2D eigenvalue weighted by molar-refractivity contribution is 0.0420. The lowest BCUT2D eigenvalue weighted by atomic mass is 10.3. The number of hydrogen-bond acceptors (Lipinski definition) is 5. The Morgan fingerprint density at radius 2 is 2.24 bits per heavy atom. The summed E-state index contributed by atoms with van der Waals surface area (Å²) in [6.07, 6.45) is 3.83. The maximum absolute atomic E-state index is 13.2. The van der Waals surface area contributed by atoms with Gasteiger partial charge in [0.1, 0.15) is 11.6 Å². The highest BCUT2D eigenvalue weighted by Crippen LogP contribution is 2.19. The maximum atomic E-state index is 13.2. The SMILES string of the molecule is CN=C(NCCCOC1CCOC1)NCc1ccc(Oc2cccc(F)c2)nc1. The van der Waals surface area contributed by atoms with E-state index in [0.717, 1.165) is 31.6 Å². The molecule has 0 spiro atoms. The molecule has 156 valence electrons. The summed E-state index contributed by atoms with van der Waals surface area (Å²) in [6, 6.07) is 9.62. The number of nitrogens with one attached hydrogen (secondary N) is 2. The lowest BCUT2D eigenvalue weighted by Crippen LogP contribution is -2.37. The first kappa shape index (κ1) is 21.0. The van der Waals surface area contributed by atoms with Crippen molar-refractivity contribution in [3.8, 4) is 11.6 Å². The summed E-state index contributed by atoms with van der Waals surface area (Å²) >= 11 is 0. The molecule has 1 aromatic carbocycles. The van der Waals surface area contributed by atoms with E-state index in [9.17, 15) is 4.39 Å². The topological polar surface area (TPSA) is 77.0 Å². The average molecular weight is 402 g/mol. The van der Waals surface area contributed by atoms with E-state index in [1.54, 1.807) is 31.4 Å². The number of nitrogens with zero attached hydrogens (tertiary/aromatic N) is 2. The molecular weight excluding hydrogens is 375 g/mol. The first-order valence-electron chi connectivity index (χ1n) is 9.75. The van der Waals surface area contributed by atoms with Gasteiger partial charge < -0.3 is 24.8 Å². The number of hydrogen-bond donors (Lipinski definition) is 2. The Labute approximate surface area is 170 Å². The third-order valence-electron chi connectivity index (χ3n) is 4.35. The Morgan fingerprint density at radius 1 is 1.31 bits per heavy atom. The molecule has 0 radical (unpaired) electrons. The first-order chi connectivity index (χ1) is 14.2. The second-order valence-corrected chi connectivity index (χ2v) is 6.63. The van der Waals surface area contributed by atoms with Gasteiger partial charge in [-0.15, -0.1) is 0 Å². The number of halogens is 1. The van der Waals surface area contributed by atoms with Gasteiger partial charge in [-0.25, -0.2) is 9.37 Å². The predicted molar refractivity (Wildman–Crippen MR) is 109 cm³/mol. The van der Waals surface area contributed by atoms with Crippen LogP contribution in [0.3, 0.4) is 0 Å². The summed E-state index contributed by atoms with van der Waals surface area (Å²) in [5.74, 6) is 1.20. The number of benzene rings is 1. The van der Waals surface area contributed by atoms with Gasteiger partial charge in [0.25, 0.3) is 0 Å². The summed E-state index contributed by atoms with van der Waals surface area (Å²) in [5.41, 5.74) is 0.976. The van der Waals surface area contributed by atoms with E-state index in [1.807, 2.05) is 6.07 Å². The van der Waals surface area contributed by atoms with E-state index >= 15 is 0 Å². The summed E-state index contributed by atoms with van der Waals surface area (Å²) in [4.78, 5) is 8.47. The van der Waals surface area contributed by atoms with E-state index in [0.29, 0.717) is 37.3 Å². The molecule has 0 amide bonds. The zero-order chi connectivity index (χ0) is 20.3. The number of aliphatic imine (C=N–C) groups is 1. The molecule has 1 atom stereocenters. The molecule has 1 aromatic heterocycles. The van der Waals surface area contributed by atoms with E-state index in [-0.39, 0.29) is 11.9 Å². The van der Waals surface area contributed by atoms with Crippen molar-refractivity contribution in [1.29, 1.82) is 0 Å². The summed E-state index contributed by atoms with van der Waals surface area (Å²) in [5, 5.41) is 6.50. The molecule has 1 fully saturated rings. The monoisotopic (exact) mass is 402 g/mol. The number of rotatable bonds is 9. The molecule has 7 nitrogen and oxygen atoms in total. The molecule has 1 aliphatic heterocycles. The molecule has 1 aliphatic rings. The van der Waals surface area contributed by atoms with E-state index < -0.39 is 0 Å². The molecule has 0 aliphatic carbocycles. The quantitative estimate of drug-likeness (QED) is 0.382. The minimum atomic E-state index is -0.346. The van der Waals surface area contributed by atoms with Gasteiger partial charge in [0, 0.05) is 51.7 Å². The third-order valence-corrected chi connectivity index (χ3v) is 4.35. The van der Waals surface area contributed by atoms with Crippen LogP contribution in [0.4, 0.5) is 4.39 Å². The summed E-state index contributed by atoms with van der Waals surface area (Å²) < 4.78 is 29.8. The van der Waals surface area contributed by atoms with E-state index in [4.69, 9.17) is 14.2 Å². The van der Waals surface area contributed by atoms with Gasteiger partial charge >= 0.3 is 0 Å². The van der Waals surface area contributed by atoms with Gasteiger partial charge in [0.15, 0.2) is 5.96 Å². The normalized spacial score (nSPS) is 16.6. The molecule has 3 rings (SSSR count). The second-order valence-electron chi connectivity index (χ2n) is 6.63. The van der Waals surface area contributed by atoms with Crippen LogP contribution in [0.1, 0.15) is 18.4 Å². The number of guanidine groups is 1. The van der Waals surface area contributed by atoms with Crippen molar-refractivity contribution in [3.05, 3.63) is 54.0 Å². The van der Waals surface area contributed by atoms with Crippen LogP contribution in [0, 0.1) is 5.82 Å². The Morgan fingerprint density at radius 3 is 2.97 bits per heavy atom. The van der Waals surface area contributed by atoms with Gasteiger partial charge in [0.2, 0.25) is 5.88 Å². The van der Waals surface area contributed by atoms with Gasteiger partial charge in [-0.3, -0.25) is 4.99 Å². The van der Waals surface area contributed by atoms with Crippen LogP contribution in [0.25, 0.3) is 0 Å². The fraction of sp³-hybridized carbons (Fsp3) is 0.429. The van der Waals surface area contributed by atoms with Crippen LogP contribution in [-0.2, 0) is 16.0 Å². The highest BCUT2D eigenvalue weighted by atomic mass is 19.1. The highest BCUT2D eigenvalue weighted by molar-refractivity contribution is 5.79. The number of pyridine rings is 1. The Balaban J connectivity index is 1.35. The van der Waals surface area contributed by atoms with Crippen LogP contribution in [0.15, 0.2) is 47.6 Å². The van der Waals surface area contributed by atoms with Crippen LogP contribution in [0.5, 0.6) is 11.6 Å². The predicted octanol–water partition coefficient (Wildman–Crippen LogP) is 2.87. The van der Waals surface area contributed by atoms with Gasteiger partial charge in [-0.2, -0.15) is 0 Å². The molecule has 0 bridgehead atoms. The molecule has 1 unspecified atom stereocenters. The van der Waals surface area contributed by atoms with Gasteiger partial charge in [-0.05, 0) is 30.5 Å². The standard InChI is InChI=1S/C21H27FN4O3/c1-23-21(24-9-3-10-28-19-8-11-27-15-19)26-14-16-6-7-20(25-13-16)29-18-5-2-4-17(22)12-18/h2,4-7,12-13,19H,3,8-11,14-15H2,1H3,(H2,23,24,26). The van der Waals surface area contributed by atoms with Crippen LogP contribution in [-0.4, -0.2) is 50.5 Å². The van der Waals surface area contributed by atoms with Crippen molar-refractivity contribution in [3.63, 3.8) is 0 Å². The molecule has 2 N–H and O–H groups in total. The second kappa shape index (κ2) is 11.3.